The van der Waals surface area contributed by atoms with Crippen LogP contribution < -0.4 is 5.32 Å². The van der Waals surface area contributed by atoms with Gasteiger partial charge in [-0.2, -0.15) is 0 Å². The van der Waals surface area contributed by atoms with Crippen LogP contribution >= 0.6 is 0 Å². The molecule has 20 heavy (non-hydrogen) atoms. The van der Waals surface area contributed by atoms with E-state index in [1.165, 1.54) is 56.3 Å². The molecule has 1 unspecified atom stereocenters. The van der Waals surface area contributed by atoms with E-state index in [-0.39, 0.29) is 0 Å². The van der Waals surface area contributed by atoms with E-state index in [0.29, 0.717) is 0 Å². The number of likely N-dealkylation sites (tertiary alicyclic amines) is 1. The van der Waals surface area contributed by atoms with Gasteiger partial charge in [0, 0.05) is 25.7 Å². The second-order valence-electron chi connectivity index (χ2n) is 6.65. The van der Waals surface area contributed by atoms with E-state index in [9.17, 15) is 0 Å². The van der Waals surface area contributed by atoms with E-state index in [2.05, 4.69) is 41.4 Å². The van der Waals surface area contributed by atoms with Crippen molar-refractivity contribution in [3.8, 4) is 0 Å². The fourth-order valence-electron chi connectivity index (χ4n) is 3.27. The van der Waals surface area contributed by atoms with Gasteiger partial charge in [0.05, 0.1) is 0 Å². The average molecular weight is 272 g/mol. The lowest BCUT2D eigenvalue weighted by Crippen LogP contribution is -2.20. The van der Waals surface area contributed by atoms with Crippen molar-refractivity contribution in [1.29, 1.82) is 0 Å². The van der Waals surface area contributed by atoms with Crippen LogP contribution in [0.3, 0.4) is 0 Å². The summed E-state index contributed by atoms with van der Waals surface area (Å²) < 4.78 is 0. The van der Waals surface area contributed by atoms with Crippen LogP contribution in [0, 0.1) is 5.92 Å². The molecule has 1 aliphatic heterocycles. The molecule has 1 aliphatic carbocycles. The summed E-state index contributed by atoms with van der Waals surface area (Å²) in [6, 6.07) is 10.0. The topological polar surface area (TPSA) is 15.3 Å². The molecule has 1 aromatic rings. The Morgan fingerprint density at radius 1 is 1.10 bits per heavy atom. The van der Waals surface area contributed by atoms with Gasteiger partial charge in [-0.15, -0.1) is 0 Å². The van der Waals surface area contributed by atoms with Crippen LogP contribution in [0.15, 0.2) is 24.3 Å². The Kier molecular flexibility index (Phi) is 4.74. The molecule has 3 rings (SSSR count). The molecule has 1 N–H and O–H groups in total. The van der Waals surface area contributed by atoms with Crippen molar-refractivity contribution in [2.24, 2.45) is 5.92 Å². The van der Waals surface area contributed by atoms with Crippen molar-refractivity contribution in [1.82, 2.24) is 10.2 Å². The molecular formula is C18H28N2. The molecule has 0 aromatic heterocycles. The van der Waals surface area contributed by atoms with Crippen LogP contribution in [0.1, 0.15) is 50.2 Å². The summed E-state index contributed by atoms with van der Waals surface area (Å²) >= 11 is 0. The molecule has 2 fully saturated rings. The third-order valence-corrected chi connectivity index (χ3v) is 4.67. The molecule has 2 aliphatic rings. The third-order valence-electron chi connectivity index (χ3n) is 4.67. The Morgan fingerprint density at radius 2 is 1.85 bits per heavy atom. The zero-order valence-corrected chi connectivity index (χ0v) is 12.8. The lowest BCUT2D eigenvalue weighted by molar-refractivity contribution is 0.313. The van der Waals surface area contributed by atoms with Gasteiger partial charge in [-0.3, -0.25) is 4.90 Å². The summed E-state index contributed by atoms with van der Waals surface area (Å²) in [5.74, 6) is 0.946. The van der Waals surface area contributed by atoms with E-state index in [1.807, 2.05) is 0 Å². The number of nitrogens with one attached hydrogen (secondary N) is 1. The molecule has 0 amide bonds. The predicted molar refractivity (Wildman–Crippen MR) is 84.6 cm³/mol. The summed E-state index contributed by atoms with van der Waals surface area (Å²) in [6.07, 6.45) is 6.87. The largest absolute Gasteiger partial charge is 0.310 e. The van der Waals surface area contributed by atoms with Gasteiger partial charge in [0.25, 0.3) is 0 Å². The lowest BCUT2D eigenvalue weighted by atomic mass is 10.0. The Morgan fingerprint density at radius 3 is 2.55 bits per heavy atom. The number of nitrogens with zero attached hydrogens (tertiary/aromatic N) is 1. The fourth-order valence-corrected chi connectivity index (χ4v) is 3.27. The highest BCUT2D eigenvalue weighted by atomic mass is 15.1. The first-order chi connectivity index (χ1) is 9.83. The molecule has 1 atom stereocenters. The van der Waals surface area contributed by atoms with Gasteiger partial charge in [0.1, 0.15) is 0 Å². The van der Waals surface area contributed by atoms with E-state index in [1.54, 1.807) is 0 Å². The number of hydrogen-bond donors (Lipinski definition) is 1. The maximum atomic E-state index is 3.57. The van der Waals surface area contributed by atoms with Crippen molar-refractivity contribution < 1.29 is 0 Å². The summed E-state index contributed by atoms with van der Waals surface area (Å²) in [5, 5.41) is 3.57. The van der Waals surface area contributed by atoms with Crippen LogP contribution in [0.25, 0.3) is 0 Å². The van der Waals surface area contributed by atoms with Gasteiger partial charge in [-0.25, -0.2) is 0 Å². The summed E-state index contributed by atoms with van der Waals surface area (Å²) in [5.41, 5.74) is 2.89. The van der Waals surface area contributed by atoms with Crippen molar-refractivity contribution in [3.63, 3.8) is 0 Å². The van der Waals surface area contributed by atoms with Gasteiger partial charge in [0.2, 0.25) is 0 Å². The first-order valence-corrected chi connectivity index (χ1v) is 8.37. The van der Waals surface area contributed by atoms with E-state index in [0.717, 1.165) is 25.0 Å². The first-order valence-electron chi connectivity index (χ1n) is 8.37. The standard InChI is InChI=1S/C18H28N2/c1-2-3-16-10-11-20(13-16)14-17-6-4-15(5-7-17)12-19-18-8-9-18/h4-7,16,18-19H,2-3,8-14H2,1H3. The number of benzene rings is 1. The van der Waals surface area contributed by atoms with Crippen LogP contribution in [0.5, 0.6) is 0 Å². The number of hydrogen-bond acceptors (Lipinski definition) is 2. The van der Waals surface area contributed by atoms with Gasteiger partial charge in [0.15, 0.2) is 0 Å². The molecule has 110 valence electrons. The zero-order valence-electron chi connectivity index (χ0n) is 12.8. The molecule has 2 nitrogen and oxygen atoms in total. The highest BCUT2D eigenvalue weighted by Gasteiger charge is 2.21. The van der Waals surface area contributed by atoms with Gasteiger partial charge in [-0.05, 0) is 49.3 Å². The molecule has 1 saturated carbocycles. The molecule has 0 radical (unpaired) electrons. The highest BCUT2D eigenvalue weighted by molar-refractivity contribution is 5.22. The van der Waals surface area contributed by atoms with Crippen LogP contribution in [0.4, 0.5) is 0 Å². The normalized spacial score (nSPS) is 23.4. The quantitative estimate of drug-likeness (QED) is 0.816. The smallest absolute Gasteiger partial charge is 0.0233 e. The fraction of sp³-hybridized carbons (Fsp3) is 0.667. The average Bonchev–Trinajstić information content (AvgIpc) is 3.19. The molecular weight excluding hydrogens is 244 g/mol. The van der Waals surface area contributed by atoms with Crippen molar-refractivity contribution in [2.75, 3.05) is 13.1 Å². The maximum Gasteiger partial charge on any atom is 0.0233 e. The van der Waals surface area contributed by atoms with Crippen molar-refractivity contribution in [2.45, 2.75) is 58.2 Å². The molecule has 2 heteroatoms. The van der Waals surface area contributed by atoms with E-state index >= 15 is 0 Å². The SMILES string of the molecule is CCCC1CCN(Cc2ccc(CNC3CC3)cc2)C1. The highest BCUT2D eigenvalue weighted by Crippen LogP contribution is 2.23. The van der Waals surface area contributed by atoms with Gasteiger partial charge >= 0.3 is 0 Å². The Labute approximate surface area is 123 Å². The minimum atomic E-state index is 0.801. The van der Waals surface area contributed by atoms with Gasteiger partial charge in [-0.1, -0.05) is 37.6 Å². The Hall–Kier alpha value is -0.860. The summed E-state index contributed by atoms with van der Waals surface area (Å²) in [7, 11) is 0. The van der Waals surface area contributed by atoms with Crippen LogP contribution in [-0.4, -0.2) is 24.0 Å². The maximum absolute atomic E-state index is 3.57. The van der Waals surface area contributed by atoms with E-state index < -0.39 is 0 Å². The Bertz CT molecular complexity index is 408. The zero-order chi connectivity index (χ0) is 13.8. The second kappa shape index (κ2) is 6.73. The summed E-state index contributed by atoms with van der Waals surface area (Å²) in [6.45, 7) is 7.06. The van der Waals surface area contributed by atoms with Crippen LogP contribution in [0.2, 0.25) is 0 Å². The molecule has 0 spiro atoms. The lowest BCUT2D eigenvalue weighted by Gasteiger charge is -2.16. The first kappa shape index (κ1) is 14.1. The van der Waals surface area contributed by atoms with Crippen molar-refractivity contribution in [3.05, 3.63) is 35.4 Å². The minimum Gasteiger partial charge on any atom is -0.310 e. The molecule has 0 bridgehead atoms. The van der Waals surface area contributed by atoms with Crippen LogP contribution in [-0.2, 0) is 13.1 Å². The molecule has 1 aromatic carbocycles. The minimum absolute atomic E-state index is 0.801. The molecule has 1 saturated heterocycles. The predicted octanol–water partition coefficient (Wildman–Crippen LogP) is 3.56. The molecule has 1 heterocycles. The van der Waals surface area contributed by atoms with Crippen molar-refractivity contribution >= 4 is 0 Å². The Balaban J connectivity index is 1.45. The summed E-state index contributed by atoms with van der Waals surface area (Å²) in [4.78, 5) is 2.62. The van der Waals surface area contributed by atoms with Gasteiger partial charge < -0.3 is 5.32 Å². The second-order valence-corrected chi connectivity index (χ2v) is 6.65. The monoisotopic (exact) mass is 272 g/mol. The third kappa shape index (κ3) is 4.07. The number of rotatable bonds is 7. The van der Waals surface area contributed by atoms with E-state index in [4.69, 9.17) is 0 Å².